The van der Waals surface area contributed by atoms with Crippen LogP contribution in [0, 0.1) is 0 Å². The smallest absolute Gasteiger partial charge is 0.404 e. The number of nitrogens with zero attached hydrogens (tertiary/aromatic N) is 1. The summed E-state index contributed by atoms with van der Waals surface area (Å²) in [6.45, 7) is 1.82. The van der Waals surface area contributed by atoms with Crippen molar-refractivity contribution < 1.29 is 9.90 Å². The normalized spacial score (nSPS) is 25.9. The number of rotatable bonds is 3. The van der Waals surface area contributed by atoms with E-state index < -0.39 is 6.09 Å². The number of amides is 1. The molecule has 1 saturated carbocycles. The van der Waals surface area contributed by atoms with Crippen molar-refractivity contribution >= 4 is 6.09 Å². The molecular weight excluding hydrogens is 228 g/mol. The Balaban J connectivity index is 1.71. The van der Waals surface area contributed by atoms with Gasteiger partial charge in [0.15, 0.2) is 0 Å². The number of likely N-dealkylation sites (tertiary alicyclic amines) is 1. The lowest BCUT2D eigenvalue weighted by Gasteiger charge is -2.28. The zero-order valence-electron chi connectivity index (χ0n) is 10.3. The quantitative estimate of drug-likeness (QED) is 0.858. The molecule has 0 radical (unpaired) electrons. The maximum absolute atomic E-state index is 10.7. The van der Waals surface area contributed by atoms with E-state index in [1.165, 1.54) is 18.4 Å². The van der Waals surface area contributed by atoms with E-state index >= 15 is 0 Å². The Morgan fingerprint density at radius 3 is 2.67 bits per heavy atom. The van der Waals surface area contributed by atoms with Gasteiger partial charge in [-0.25, -0.2) is 4.79 Å². The second-order valence-electron chi connectivity index (χ2n) is 5.28. The highest BCUT2D eigenvalue weighted by molar-refractivity contribution is 5.64. The molecule has 2 aliphatic rings. The molecule has 96 valence electrons. The summed E-state index contributed by atoms with van der Waals surface area (Å²) in [4.78, 5) is 13.1. The van der Waals surface area contributed by atoms with E-state index in [1.807, 2.05) is 6.07 Å². The van der Waals surface area contributed by atoms with Gasteiger partial charge in [0.05, 0.1) is 0 Å². The molecule has 1 aliphatic heterocycles. The molecule has 0 aromatic heterocycles. The van der Waals surface area contributed by atoms with Crippen molar-refractivity contribution in [2.24, 2.45) is 0 Å². The third-order valence-electron chi connectivity index (χ3n) is 4.16. The molecule has 2 N–H and O–H groups in total. The number of hydrogen-bond acceptors (Lipinski definition) is 2. The van der Waals surface area contributed by atoms with Crippen molar-refractivity contribution in [3.05, 3.63) is 35.9 Å². The van der Waals surface area contributed by atoms with Crippen molar-refractivity contribution in [1.82, 2.24) is 10.2 Å². The van der Waals surface area contributed by atoms with E-state index in [-0.39, 0.29) is 11.6 Å². The maximum atomic E-state index is 10.7. The summed E-state index contributed by atoms with van der Waals surface area (Å²) in [7, 11) is 0. The van der Waals surface area contributed by atoms with Crippen LogP contribution in [-0.4, -0.2) is 35.2 Å². The fraction of sp³-hybridized carbons (Fsp3) is 0.500. The summed E-state index contributed by atoms with van der Waals surface area (Å²) < 4.78 is 0. The highest BCUT2D eigenvalue weighted by Crippen LogP contribution is 2.51. The Hall–Kier alpha value is -1.55. The Kier molecular flexibility index (Phi) is 2.74. The average molecular weight is 246 g/mol. The molecule has 0 spiro atoms. The van der Waals surface area contributed by atoms with Crippen LogP contribution in [0.15, 0.2) is 30.3 Å². The number of benzene rings is 1. The molecule has 1 heterocycles. The number of carboxylic acid groups (broad SMARTS) is 1. The first kappa shape index (κ1) is 11.5. The summed E-state index contributed by atoms with van der Waals surface area (Å²) in [6, 6.07) is 10.7. The van der Waals surface area contributed by atoms with Gasteiger partial charge >= 0.3 is 6.09 Å². The van der Waals surface area contributed by atoms with Gasteiger partial charge < -0.3 is 10.4 Å². The van der Waals surface area contributed by atoms with Crippen LogP contribution in [0.2, 0.25) is 0 Å². The van der Waals surface area contributed by atoms with Gasteiger partial charge in [-0.05, 0) is 24.8 Å². The zero-order valence-corrected chi connectivity index (χ0v) is 10.3. The van der Waals surface area contributed by atoms with Crippen LogP contribution in [0.25, 0.3) is 0 Å². The van der Waals surface area contributed by atoms with Gasteiger partial charge in [-0.15, -0.1) is 0 Å². The summed E-state index contributed by atoms with van der Waals surface area (Å²) in [5.74, 6) is 0. The fourth-order valence-electron chi connectivity index (χ4n) is 3.10. The van der Waals surface area contributed by atoms with Crippen LogP contribution in [0.1, 0.15) is 24.8 Å². The van der Waals surface area contributed by atoms with E-state index in [4.69, 9.17) is 5.11 Å². The Morgan fingerprint density at radius 2 is 2.06 bits per heavy atom. The van der Waals surface area contributed by atoms with Crippen molar-refractivity contribution in [3.63, 3.8) is 0 Å². The topological polar surface area (TPSA) is 52.6 Å². The molecule has 4 nitrogen and oxygen atoms in total. The molecule has 18 heavy (non-hydrogen) atoms. The van der Waals surface area contributed by atoms with Crippen LogP contribution in [0.5, 0.6) is 0 Å². The molecule has 1 aliphatic carbocycles. The first-order valence-electron chi connectivity index (χ1n) is 6.51. The summed E-state index contributed by atoms with van der Waals surface area (Å²) >= 11 is 0. The van der Waals surface area contributed by atoms with E-state index in [2.05, 4.69) is 34.5 Å². The number of carbonyl (C=O) groups is 1. The van der Waals surface area contributed by atoms with E-state index in [0.29, 0.717) is 0 Å². The fourth-order valence-corrected chi connectivity index (χ4v) is 3.10. The van der Waals surface area contributed by atoms with Gasteiger partial charge in [0.1, 0.15) is 0 Å². The largest absolute Gasteiger partial charge is 0.465 e. The van der Waals surface area contributed by atoms with Gasteiger partial charge in [-0.2, -0.15) is 0 Å². The molecule has 0 unspecified atom stereocenters. The second-order valence-corrected chi connectivity index (χ2v) is 5.28. The average Bonchev–Trinajstić information content (AvgIpc) is 3.05. The minimum Gasteiger partial charge on any atom is -0.465 e. The lowest BCUT2D eigenvalue weighted by Crippen LogP contribution is -2.39. The molecule has 1 aromatic carbocycles. The summed E-state index contributed by atoms with van der Waals surface area (Å²) in [5.41, 5.74) is 1.57. The standard InChI is InChI=1S/C14H18N2O2/c17-13(18)15-12-6-9-16(10-12)14(7-8-14)11-4-2-1-3-5-11/h1-5,12,15H,6-10H2,(H,17,18)/t12-/m0/s1. The summed E-state index contributed by atoms with van der Waals surface area (Å²) in [6.07, 6.45) is 2.39. The van der Waals surface area contributed by atoms with Gasteiger partial charge in [-0.1, -0.05) is 30.3 Å². The van der Waals surface area contributed by atoms with Crippen molar-refractivity contribution in [2.75, 3.05) is 13.1 Å². The third kappa shape index (κ3) is 1.97. The monoisotopic (exact) mass is 246 g/mol. The van der Waals surface area contributed by atoms with Crippen molar-refractivity contribution in [3.8, 4) is 0 Å². The molecule has 1 amide bonds. The van der Waals surface area contributed by atoms with E-state index in [0.717, 1.165) is 19.5 Å². The zero-order chi connectivity index (χ0) is 12.6. The second kappa shape index (κ2) is 4.28. The minimum atomic E-state index is -0.911. The van der Waals surface area contributed by atoms with Gasteiger partial charge in [0, 0.05) is 24.7 Å². The lowest BCUT2D eigenvalue weighted by atomic mass is 10.0. The van der Waals surface area contributed by atoms with Gasteiger partial charge in [0.25, 0.3) is 0 Å². The van der Waals surface area contributed by atoms with E-state index in [9.17, 15) is 4.79 Å². The molecule has 3 rings (SSSR count). The SMILES string of the molecule is O=C(O)N[C@H]1CCN(C2(c3ccccc3)CC2)C1. The van der Waals surface area contributed by atoms with Gasteiger partial charge in [0.2, 0.25) is 0 Å². The first-order chi connectivity index (χ1) is 8.71. The molecule has 1 aromatic rings. The van der Waals surface area contributed by atoms with Crippen molar-refractivity contribution in [2.45, 2.75) is 30.8 Å². The third-order valence-corrected chi connectivity index (χ3v) is 4.16. The van der Waals surface area contributed by atoms with Crippen LogP contribution in [0.3, 0.4) is 0 Å². The number of hydrogen-bond donors (Lipinski definition) is 2. The highest BCUT2D eigenvalue weighted by atomic mass is 16.4. The molecule has 2 fully saturated rings. The molecule has 0 bridgehead atoms. The minimum absolute atomic E-state index is 0.0867. The molecule has 1 saturated heterocycles. The number of nitrogens with one attached hydrogen (secondary N) is 1. The molecule has 1 atom stereocenters. The van der Waals surface area contributed by atoms with Crippen molar-refractivity contribution in [1.29, 1.82) is 0 Å². The Morgan fingerprint density at radius 1 is 1.33 bits per heavy atom. The first-order valence-corrected chi connectivity index (χ1v) is 6.51. The lowest BCUT2D eigenvalue weighted by molar-refractivity contribution is 0.185. The van der Waals surface area contributed by atoms with E-state index in [1.54, 1.807) is 0 Å². The molecule has 4 heteroatoms. The highest BCUT2D eigenvalue weighted by Gasteiger charge is 2.51. The predicted molar refractivity (Wildman–Crippen MR) is 68.5 cm³/mol. The van der Waals surface area contributed by atoms with Gasteiger partial charge in [-0.3, -0.25) is 4.90 Å². The Labute approximate surface area is 107 Å². The van der Waals surface area contributed by atoms with Crippen LogP contribution >= 0.6 is 0 Å². The summed E-state index contributed by atoms with van der Waals surface area (Å²) in [5, 5.41) is 11.4. The van der Waals surface area contributed by atoms with Crippen LogP contribution in [0.4, 0.5) is 4.79 Å². The van der Waals surface area contributed by atoms with Crippen LogP contribution in [-0.2, 0) is 5.54 Å². The molecular formula is C14H18N2O2. The van der Waals surface area contributed by atoms with Crippen LogP contribution < -0.4 is 5.32 Å². The predicted octanol–water partition coefficient (Wildman–Crippen LogP) is 2.02. The Bertz CT molecular complexity index is 442. The maximum Gasteiger partial charge on any atom is 0.404 e.